The van der Waals surface area contributed by atoms with Crippen molar-refractivity contribution in [1.29, 1.82) is 0 Å². The molecule has 76 valence electrons. The van der Waals surface area contributed by atoms with Gasteiger partial charge >= 0.3 is 29.6 Å². The van der Waals surface area contributed by atoms with Gasteiger partial charge in [-0.25, -0.2) is 4.99 Å². The smallest absolute Gasteiger partial charge is 0.545 e. The molecular weight excluding hydrogens is 273 g/mol. The van der Waals surface area contributed by atoms with E-state index in [1.54, 1.807) is 0 Å². The van der Waals surface area contributed by atoms with E-state index in [9.17, 15) is 9.90 Å². The molecule has 1 unspecified atom stereocenters. The first-order valence-electron chi connectivity index (χ1n) is 4.27. The average molecular weight is 282 g/mol. The minimum Gasteiger partial charge on any atom is -0.545 e. The molecule has 1 heterocycles. The topological polar surface area (TPSA) is 90.5 Å². The first-order chi connectivity index (χ1) is 6.56. The van der Waals surface area contributed by atoms with E-state index in [1.165, 1.54) is 6.20 Å². The number of aliphatic carboxylic acids is 1. The summed E-state index contributed by atoms with van der Waals surface area (Å²) in [5.41, 5.74) is 4.22. The molecule has 0 aromatic carbocycles. The molecule has 5 nitrogen and oxygen atoms in total. The Labute approximate surface area is 118 Å². The van der Waals surface area contributed by atoms with Gasteiger partial charge in [0.05, 0.1) is 10.5 Å². The maximum absolute atomic E-state index is 11.0. The van der Waals surface area contributed by atoms with Crippen LogP contribution in [0.1, 0.15) is 12.8 Å². The van der Waals surface area contributed by atoms with Gasteiger partial charge in [0, 0.05) is 12.1 Å². The van der Waals surface area contributed by atoms with E-state index >= 15 is 0 Å². The van der Waals surface area contributed by atoms with Crippen molar-refractivity contribution in [3.8, 4) is 0 Å². The van der Waals surface area contributed by atoms with Gasteiger partial charge in [0.2, 0.25) is 0 Å². The minimum atomic E-state index is -1.35. The third-order valence-corrected chi connectivity index (χ3v) is 3.07. The van der Waals surface area contributed by atoms with Crippen molar-refractivity contribution in [2.45, 2.75) is 18.5 Å². The minimum absolute atomic E-state index is 0. The Balaban J connectivity index is 0.00000112. The number of rotatable bonds is 2. The van der Waals surface area contributed by atoms with Gasteiger partial charge in [-0.3, -0.25) is 0 Å². The molecule has 0 aromatic rings. The monoisotopic (exact) mass is 281 g/mol. The van der Waals surface area contributed by atoms with E-state index < -0.39 is 11.6 Å². The average Bonchev–Trinajstić information content (AvgIpc) is 2.92. The Morgan fingerprint density at radius 2 is 2.33 bits per heavy atom. The quantitative estimate of drug-likeness (QED) is 0.506. The molecule has 0 amide bonds. The molecule has 1 aliphatic heterocycles. The van der Waals surface area contributed by atoms with E-state index in [1.807, 2.05) is 0 Å². The normalized spacial score (nSPS) is 29.4. The van der Waals surface area contributed by atoms with Gasteiger partial charge in [-0.2, -0.15) is 0 Å². The number of amidine groups is 1. The van der Waals surface area contributed by atoms with Crippen molar-refractivity contribution in [2.24, 2.45) is 16.6 Å². The molecule has 0 bridgehead atoms. The van der Waals surface area contributed by atoms with Crippen LogP contribution in [0.4, 0.5) is 0 Å². The summed E-state index contributed by atoms with van der Waals surface area (Å²) >= 11 is 3.15. The molecule has 0 aromatic heterocycles. The van der Waals surface area contributed by atoms with Gasteiger partial charge in [-0.15, -0.1) is 0 Å². The van der Waals surface area contributed by atoms with Gasteiger partial charge in [0.15, 0.2) is 5.66 Å². The van der Waals surface area contributed by atoms with Gasteiger partial charge in [0.25, 0.3) is 0 Å². The van der Waals surface area contributed by atoms with Crippen molar-refractivity contribution in [3.63, 3.8) is 0 Å². The first-order valence-corrected chi connectivity index (χ1v) is 5.06. The van der Waals surface area contributed by atoms with Crippen molar-refractivity contribution in [3.05, 3.63) is 10.7 Å². The summed E-state index contributed by atoms with van der Waals surface area (Å²) < 4.78 is 0.565. The van der Waals surface area contributed by atoms with Crippen LogP contribution in [0, 0.1) is 5.92 Å². The zero-order valence-corrected chi connectivity index (χ0v) is 11.9. The molecule has 1 saturated carbocycles. The standard InChI is InChI=1S/C8H10BrN3O2.Na/c9-5-3-11-8(7(13)14,4-1-2-4)12-6(5)10;/h3-4,11H,1-2H2,(H2,10,12)(H,13,14);/q;+1/p-1. The second-order valence-corrected chi connectivity index (χ2v) is 4.32. The number of carboxylic acids is 1. The van der Waals surface area contributed by atoms with Crippen molar-refractivity contribution in [1.82, 2.24) is 5.32 Å². The Hall–Kier alpha value is -0.0400. The fourth-order valence-electron chi connectivity index (χ4n) is 1.50. The SMILES string of the molecule is NC1=NC(C(=O)[O-])(C2CC2)NC=C1Br.[Na+]. The molecule has 15 heavy (non-hydrogen) atoms. The van der Waals surface area contributed by atoms with Crippen LogP contribution in [0.5, 0.6) is 0 Å². The number of nitrogens with two attached hydrogens (primary N) is 1. The number of carbonyl (C=O) groups excluding carboxylic acids is 1. The number of carbonyl (C=O) groups is 1. The summed E-state index contributed by atoms with van der Waals surface area (Å²) in [5, 5.41) is 13.8. The Morgan fingerprint density at radius 1 is 1.73 bits per heavy atom. The fraction of sp³-hybridized carbons (Fsp3) is 0.500. The molecule has 0 radical (unpaired) electrons. The van der Waals surface area contributed by atoms with E-state index in [0.29, 0.717) is 4.48 Å². The van der Waals surface area contributed by atoms with Crippen molar-refractivity contribution >= 4 is 27.7 Å². The van der Waals surface area contributed by atoms with Gasteiger partial charge in [-0.1, -0.05) is 0 Å². The summed E-state index contributed by atoms with van der Waals surface area (Å²) in [4.78, 5) is 15.0. The number of halogens is 1. The van der Waals surface area contributed by atoms with Crippen LogP contribution in [0.25, 0.3) is 0 Å². The Morgan fingerprint density at radius 3 is 2.73 bits per heavy atom. The van der Waals surface area contributed by atoms with Crippen LogP contribution in [0.3, 0.4) is 0 Å². The molecule has 7 heteroatoms. The number of aliphatic imine (C=N–C) groups is 1. The fourth-order valence-corrected chi connectivity index (χ4v) is 1.71. The number of hydrogen-bond acceptors (Lipinski definition) is 5. The van der Waals surface area contributed by atoms with Crippen molar-refractivity contribution < 1.29 is 39.5 Å². The number of carboxylic acid groups (broad SMARTS) is 1. The second-order valence-electron chi connectivity index (χ2n) is 3.46. The largest absolute Gasteiger partial charge is 1.00 e. The maximum atomic E-state index is 11.0. The number of nitrogens with one attached hydrogen (secondary N) is 1. The van der Waals surface area contributed by atoms with Crippen LogP contribution in [-0.2, 0) is 4.79 Å². The second kappa shape index (κ2) is 4.45. The third kappa shape index (κ3) is 2.22. The van der Waals surface area contributed by atoms with Crippen LogP contribution >= 0.6 is 15.9 Å². The summed E-state index contributed by atoms with van der Waals surface area (Å²) in [6.45, 7) is 0. The first kappa shape index (κ1) is 13.0. The Bertz CT molecular complexity index is 354. The molecule has 3 N–H and O–H groups in total. The molecular formula is C8H9BrN3NaO2. The molecule has 1 fully saturated rings. The van der Waals surface area contributed by atoms with Crippen LogP contribution in [0.2, 0.25) is 0 Å². The van der Waals surface area contributed by atoms with E-state index in [0.717, 1.165) is 12.8 Å². The van der Waals surface area contributed by atoms with E-state index in [-0.39, 0.29) is 41.3 Å². The van der Waals surface area contributed by atoms with Crippen molar-refractivity contribution in [2.75, 3.05) is 0 Å². The molecule has 1 atom stereocenters. The molecule has 2 rings (SSSR count). The zero-order chi connectivity index (χ0) is 10.3. The predicted octanol–water partition coefficient (Wildman–Crippen LogP) is -3.96. The molecule has 0 saturated heterocycles. The predicted molar refractivity (Wildman–Crippen MR) is 52.2 cm³/mol. The maximum Gasteiger partial charge on any atom is 1.00 e. The third-order valence-electron chi connectivity index (χ3n) is 2.44. The molecule has 2 aliphatic rings. The zero-order valence-electron chi connectivity index (χ0n) is 8.29. The summed E-state index contributed by atoms with van der Waals surface area (Å²) in [6.07, 6.45) is 3.18. The summed E-state index contributed by atoms with van der Waals surface area (Å²) in [7, 11) is 0. The van der Waals surface area contributed by atoms with E-state index in [2.05, 4.69) is 26.2 Å². The van der Waals surface area contributed by atoms with Crippen LogP contribution in [0.15, 0.2) is 15.7 Å². The Kier molecular flexibility index (Phi) is 3.86. The van der Waals surface area contributed by atoms with Crippen LogP contribution < -0.4 is 45.7 Å². The van der Waals surface area contributed by atoms with Gasteiger partial charge in [0.1, 0.15) is 5.84 Å². The number of hydrogen-bond donors (Lipinski definition) is 2. The molecule has 0 spiro atoms. The molecule has 1 aliphatic carbocycles. The van der Waals surface area contributed by atoms with Gasteiger partial charge < -0.3 is 21.0 Å². The van der Waals surface area contributed by atoms with Gasteiger partial charge in [-0.05, 0) is 28.8 Å². The summed E-state index contributed by atoms with van der Waals surface area (Å²) in [6, 6.07) is 0. The van der Waals surface area contributed by atoms with Crippen LogP contribution in [-0.4, -0.2) is 17.5 Å². The van der Waals surface area contributed by atoms with E-state index in [4.69, 9.17) is 5.73 Å². The summed E-state index contributed by atoms with van der Waals surface area (Å²) in [5.74, 6) is -1.04. The number of nitrogens with zero attached hydrogens (tertiary/aromatic N) is 1.